The molecule has 9 heteroatoms. The van der Waals surface area contributed by atoms with Crippen molar-refractivity contribution in [1.29, 1.82) is 5.31 Å². The van der Waals surface area contributed by atoms with E-state index in [-0.39, 0.29) is 18.0 Å². The van der Waals surface area contributed by atoms with Crippen LogP contribution in [0.1, 0.15) is 29.8 Å². The van der Waals surface area contributed by atoms with Gasteiger partial charge in [0.2, 0.25) is 0 Å². The summed E-state index contributed by atoms with van der Waals surface area (Å²) in [5.74, 6) is 0. The van der Waals surface area contributed by atoms with Crippen molar-refractivity contribution in [2.45, 2.75) is 26.5 Å². The van der Waals surface area contributed by atoms with Crippen molar-refractivity contribution < 1.29 is 4.65 Å². The summed E-state index contributed by atoms with van der Waals surface area (Å²) >= 11 is 0. The van der Waals surface area contributed by atoms with Crippen molar-refractivity contribution in [2.24, 2.45) is 0 Å². The van der Waals surface area contributed by atoms with Gasteiger partial charge >= 0.3 is 136 Å². The quantitative estimate of drug-likeness (QED) is 0.612. The van der Waals surface area contributed by atoms with Crippen molar-refractivity contribution in [3.8, 4) is 0 Å². The summed E-state index contributed by atoms with van der Waals surface area (Å²) in [6, 6.07) is 7.75. The van der Waals surface area contributed by atoms with E-state index in [1.807, 2.05) is 38.1 Å². The Morgan fingerprint density at radius 1 is 1.29 bits per heavy atom. The van der Waals surface area contributed by atoms with Crippen LogP contribution in [0.5, 0.6) is 0 Å². The number of nitrogens with zero attached hydrogens (tertiary/aromatic N) is 2. The van der Waals surface area contributed by atoms with Crippen molar-refractivity contribution in [1.82, 2.24) is 19.7 Å². The van der Waals surface area contributed by atoms with E-state index in [0.717, 1.165) is 18.4 Å². The summed E-state index contributed by atoms with van der Waals surface area (Å²) in [7, 11) is 0.786. The summed E-state index contributed by atoms with van der Waals surface area (Å²) in [5.41, 5.74) is 1.71. The molecule has 0 aliphatic carbocycles. The fourth-order valence-corrected chi connectivity index (χ4v) is 2.63. The maximum atomic E-state index is 12.2. The molecule has 3 aromatic rings. The first-order chi connectivity index (χ1) is 11.5. The Morgan fingerprint density at radius 3 is 2.67 bits per heavy atom. The molecule has 3 rings (SSSR count). The average Bonchev–Trinajstić information content (AvgIpc) is 2.91. The molecule has 1 atom stereocenters. The SMILES string of the molecule is Cc1ccc([C@H](C)n2nc(COB=N)c3c(=O)[nH]c(=O)[nH]c32)cc1. The van der Waals surface area contributed by atoms with Gasteiger partial charge in [-0.05, 0) is 0 Å². The van der Waals surface area contributed by atoms with Gasteiger partial charge in [-0.1, -0.05) is 0 Å². The number of aromatic nitrogens is 4. The molecule has 0 amide bonds. The second-order valence-corrected chi connectivity index (χ2v) is 5.54. The molecule has 0 fully saturated rings. The number of aryl methyl sites for hydroxylation is 1. The van der Waals surface area contributed by atoms with Crippen LogP contribution in [0.4, 0.5) is 0 Å². The fourth-order valence-electron chi connectivity index (χ4n) is 2.63. The molecular weight excluding hydrogens is 309 g/mol. The summed E-state index contributed by atoms with van der Waals surface area (Å²) in [5, 5.41) is 11.7. The molecule has 0 radical (unpaired) electrons. The second-order valence-electron chi connectivity index (χ2n) is 5.54. The number of rotatable bonds is 5. The Morgan fingerprint density at radius 2 is 2.00 bits per heavy atom. The van der Waals surface area contributed by atoms with E-state index in [2.05, 4.69) is 15.1 Å². The van der Waals surface area contributed by atoms with Crippen LogP contribution < -0.4 is 11.2 Å². The number of benzene rings is 1. The zero-order chi connectivity index (χ0) is 17.3. The molecule has 0 bridgehead atoms. The number of nitrogens with one attached hydrogen (secondary N) is 3. The molecule has 0 aliphatic heterocycles. The number of hydrogen-bond acceptors (Lipinski definition) is 5. The summed E-state index contributed by atoms with van der Waals surface area (Å²) < 4.78 is 6.54. The maximum absolute atomic E-state index is 12.2. The molecule has 24 heavy (non-hydrogen) atoms. The number of fused-ring (bicyclic) bond motifs is 1. The average molecular weight is 325 g/mol. The van der Waals surface area contributed by atoms with Crippen LogP contribution in [-0.2, 0) is 11.3 Å². The number of aromatic amines is 2. The Labute approximate surface area is 137 Å². The predicted octanol–water partition coefficient (Wildman–Crippen LogP) is 1.23. The van der Waals surface area contributed by atoms with Gasteiger partial charge in [0.1, 0.15) is 0 Å². The van der Waals surface area contributed by atoms with Gasteiger partial charge < -0.3 is 0 Å². The molecule has 3 N–H and O–H groups in total. The van der Waals surface area contributed by atoms with Crippen LogP contribution in [0.15, 0.2) is 33.9 Å². The normalized spacial score (nSPS) is 12.1. The first-order valence-corrected chi connectivity index (χ1v) is 7.42. The topological polar surface area (TPSA) is 117 Å². The van der Waals surface area contributed by atoms with Crippen molar-refractivity contribution >= 4 is 18.3 Å². The number of hydrogen-bond donors (Lipinski definition) is 3. The van der Waals surface area contributed by atoms with Gasteiger partial charge in [0, 0.05) is 0 Å². The molecule has 0 saturated heterocycles. The van der Waals surface area contributed by atoms with Gasteiger partial charge in [0.25, 0.3) is 0 Å². The monoisotopic (exact) mass is 325 g/mol. The van der Waals surface area contributed by atoms with Gasteiger partial charge in [-0.15, -0.1) is 0 Å². The molecule has 1 aromatic carbocycles. The standard InChI is InChI=1S/C15H16BN5O3/c1-8-3-5-10(6-4-8)9(2)21-13-12(11(20-21)7-24-16-17)14(22)19-15(23)18-13/h3-6,9,17H,7H2,1-2H3,(H2,18,19,22,23)/t9-/m0/s1. The van der Waals surface area contributed by atoms with Gasteiger partial charge in [-0.3, -0.25) is 0 Å². The molecule has 0 unspecified atom stereocenters. The molecular formula is C15H16BN5O3. The summed E-state index contributed by atoms with van der Waals surface area (Å²) in [6.45, 7) is 3.90. The third-order valence-electron chi connectivity index (χ3n) is 3.90. The van der Waals surface area contributed by atoms with Crippen LogP contribution in [0.25, 0.3) is 11.0 Å². The Bertz CT molecular complexity index is 1000. The van der Waals surface area contributed by atoms with Crippen molar-refractivity contribution in [2.75, 3.05) is 0 Å². The van der Waals surface area contributed by atoms with E-state index in [4.69, 9.17) is 9.97 Å². The van der Waals surface area contributed by atoms with Crippen LogP contribution in [0.3, 0.4) is 0 Å². The van der Waals surface area contributed by atoms with Crippen LogP contribution in [0.2, 0.25) is 0 Å². The molecule has 0 spiro atoms. The number of H-pyrrole nitrogens is 2. The van der Waals surface area contributed by atoms with E-state index in [1.165, 1.54) is 0 Å². The molecule has 0 saturated carbocycles. The molecule has 0 aliphatic rings. The molecule has 122 valence electrons. The van der Waals surface area contributed by atoms with Gasteiger partial charge in [-0.2, -0.15) is 0 Å². The Balaban J connectivity index is 2.19. The van der Waals surface area contributed by atoms with Gasteiger partial charge in [0.05, 0.1) is 0 Å². The van der Waals surface area contributed by atoms with Crippen LogP contribution >= 0.6 is 0 Å². The minimum absolute atomic E-state index is 0.0251. The Kier molecular flexibility index (Phi) is 4.16. The third-order valence-corrected chi connectivity index (χ3v) is 3.90. The first kappa shape index (κ1) is 15.9. The summed E-state index contributed by atoms with van der Waals surface area (Å²) in [4.78, 5) is 28.7. The predicted molar refractivity (Wildman–Crippen MR) is 89.2 cm³/mol. The van der Waals surface area contributed by atoms with Gasteiger partial charge in [0.15, 0.2) is 0 Å². The Hall–Kier alpha value is -2.97. The van der Waals surface area contributed by atoms with E-state index in [9.17, 15) is 9.59 Å². The van der Waals surface area contributed by atoms with Crippen LogP contribution in [0, 0.1) is 12.2 Å². The second kappa shape index (κ2) is 6.27. The first-order valence-electron chi connectivity index (χ1n) is 7.42. The van der Waals surface area contributed by atoms with E-state index in [0.29, 0.717) is 11.3 Å². The molecule has 2 aromatic heterocycles. The van der Waals surface area contributed by atoms with Crippen molar-refractivity contribution in [3.05, 3.63) is 61.9 Å². The van der Waals surface area contributed by atoms with Crippen LogP contribution in [-0.4, -0.2) is 27.0 Å². The van der Waals surface area contributed by atoms with E-state index >= 15 is 0 Å². The van der Waals surface area contributed by atoms with E-state index in [1.54, 1.807) is 4.68 Å². The zero-order valence-corrected chi connectivity index (χ0v) is 13.3. The summed E-state index contributed by atoms with van der Waals surface area (Å²) in [6.07, 6.45) is 0. The molecule has 8 nitrogen and oxygen atoms in total. The minimum atomic E-state index is -0.593. The van der Waals surface area contributed by atoms with Gasteiger partial charge in [-0.25, -0.2) is 0 Å². The fraction of sp³-hybridized carbons (Fsp3) is 0.267. The zero-order valence-electron chi connectivity index (χ0n) is 13.3. The van der Waals surface area contributed by atoms with E-state index < -0.39 is 11.2 Å². The van der Waals surface area contributed by atoms with Crippen molar-refractivity contribution in [3.63, 3.8) is 0 Å². The molecule has 2 heterocycles. The third kappa shape index (κ3) is 2.80.